The lowest BCUT2D eigenvalue weighted by Gasteiger charge is -2.35. The Morgan fingerprint density at radius 2 is 1.74 bits per heavy atom. The number of thioether (sulfide) groups is 1. The summed E-state index contributed by atoms with van der Waals surface area (Å²) in [5.41, 5.74) is 3.40. The molecule has 180 valence electrons. The minimum absolute atomic E-state index is 0.00312. The molecule has 1 aliphatic rings. The number of nitrogens with zero attached hydrogens (tertiary/aromatic N) is 4. The maximum absolute atomic E-state index is 12.8. The molecule has 0 aliphatic carbocycles. The van der Waals surface area contributed by atoms with E-state index in [1.807, 2.05) is 35.8 Å². The zero-order valence-corrected chi connectivity index (χ0v) is 21.0. The number of ether oxygens (including phenoxy) is 1. The summed E-state index contributed by atoms with van der Waals surface area (Å²) in [7, 11) is 1.68. The molecule has 0 saturated carbocycles. The molecule has 0 bridgehead atoms. The molecule has 2 heterocycles. The van der Waals surface area contributed by atoms with E-state index in [-0.39, 0.29) is 11.9 Å². The van der Waals surface area contributed by atoms with Crippen molar-refractivity contribution < 1.29 is 9.53 Å². The van der Waals surface area contributed by atoms with Crippen LogP contribution in [0.5, 0.6) is 5.75 Å². The molecule has 1 fully saturated rings. The number of methoxy groups -OCH3 is 1. The number of aromatic nitrogens is 3. The van der Waals surface area contributed by atoms with E-state index in [9.17, 15) is 4.79 Å². The van der Waals surface area contributed by atoms with Gasteiger partial charge in [0, 0.05) is 12.2 Å². The number of carbonyl (C=O) groups excluding carboxylic acids is 1. The molecule has 1 aromatic heterocycles. The Kier molecular flexibility index (Phi) is 8.24. The van der Waals surface area contributed by atoms with Crippen LogP contribution < -0.4 is 10.1 Å². The van der Waals surface area contributed by atoms with Gasteiger partial charge < -0.3 is 10.1 Å². The minimum Gasteiger partial charge on any atom is -0.497 e. The molecule has 1 aliphatic heterocycles. The predicted octanol–water partition coefficient (Wildman–Crippen LogP) is 4.33. The van der Waals surface area contributed by atoms with Gasteiger partial charge in [-0.25, -0.2) is 0 Å². The van der Waals surface area contributed by atoms with E-state index in [2.05, 4.69) is 51.6 Å². The highest BCUT2D eigenvalue weighted by atomic mass is 32.2. The van der Waals surface area contributed by atoms with Gasteiger partial charge in [-0.3, -0.25) is 14.3 Å². The Bertz CT molecular complexity index is 1080. The number of amides is 1. The van der Waals surface area contributed by atoms with Crippen LogP contribution in [0.3, 0.4) is 0 Å². The number of rotatable bonds is 9. The highest BCUT2D eigenvalue weighted by Crippen LogP contribution is 2.26. The molecule has 0 radical (unpaired) electrons. The zero-order valence-electron chi connectivity index (χ0n) is 20.2. The van der Waals surface area contributed by atoms with E-state index >= 15 is 0 Å². The fourth-order valence-electron chi connectivity index (χ4n) is 4.33. The number of benzene rings is 2. The Balaban J connectivity index is 1.39. The summed E-state index contributed by atoms with van der Waals surface area (Å²) < 4.78 is 7.31. The quantitative estimate of drug-likeness (QED) is 0.461. The molecule has 34 heavy (non-hydrogen) atoms. The van der Waals surface area contributed by atoms with Crippen molar-refractivity contribution in [2.24, 2.45) is 0 Å². The van der Waals surface area contributed by atoms with Crippen molar-refractivity contribution in [1.82, 2.24) is 25.0 Å². The van der Waals surface area contributed by atoms with Gasteiger partial charge in [-0.1, -0.05) is 48.0 Å². The van der Waals surface area contributed by atoms with Crippen LogP contribution in [-0.2, 0) is 4.79 Å². The van der Waals surface area contributed by atoms with Gasteiger partial charge >= 0.3 is 0 Å². The van der Waals surface area contributed by atoms with E-state index in [1.165, 1.54) is 42.2 Å². The Labute approximate surface area is 205 Å². The van der Waals surface area contributed by atoms with E-state index in [0.29, 0.717) is 12.3 Å². The van der Waals surface area contributed by atoms with Gasteiger partial charge in [0.25, 0.3) is 0 Å². The average Bonchev–Trinajstić information content (AvgIpc) is 3.24. The molecule has 1 N–H and O–H groups in total. The molecule has 1 atom stereocenters. The number of piperidine rings is 1. The van der Waals surface area contributed by atoms with Crippen molar-refractivity contribution in [3.63, 3.8) is 0 Å². The summed E-state index contributed by atoms with van der Waals surface area (Å²) in [6.45, 7) is 6.68. The van der Waals surface area contributed by atoms with Crippen LogP contribution in [0.1, 0.15) is 42.3 Å². The van der Waals surface area contributed by atoms with Crippen LogP contribution in [0.4, 0.5) is 0 Å². The largest absolute Gasteiger partial charge is 0.497 e. The third kappa shape index (κ3) is 5.98. The van der Waals surface area contributed by atoms with Crippen LogP contribution in [0.2, 0.25) is 0 Å². The Morgan fingerprint density at radius 1 is 1.03 bits per heavy atom. The van der Waals surface area contributed by atoms with Crippen LogP contribution >= 0.6 is 11.8 Å². The summed E-state index contributed by atoms with van der Waals surface area (Å²) >= 11 is 1.41. The highest BCUT2D eigenvalue weighted by Gasteiger charge is 2.23. The molecule has 3 aromatic rings. The Morgan fingerprint density at radius 3 is 2.41 bits per heavy atom. The van der Waals surface area contributed by atoms with Crippen LogP contribution in [-0.4, -0.2) is 58.1 Å². The van der Waals surface area contributed by atoms with E-state index in [4.69, 9.17) is 4.74 Å². The SMILES string of the molecule is COc1ccc(C(CNC(=O)CSc2nnc(C)n2-c2ccc(C)cc2)N2CCCCC2)cc1. The molecule has 2 aromatic carbocycles. The third-order valence-corrected chi connectivity index (χ3v) is 7.17. The Hall–Kier alpha value is -2.84. The fourth-order valence-corrected chi connectivity index (χ4v) is 5.16. The first-order valence-electron chi connectivity index (χ1n) is 11.8. The first kappa shape index (κ1) is 24.3. The normalized spacial score (nSPS) is 15.1. The minimum atomic E-state index is -0.00312. The van der Waals surface area contributed by atoms with Crippen molar-refractivity contribution in [3.8, 4) is 11.4 Å². The summed E-state index contributed by atoms with van der Waals surface area (Å²) in [5.74, 6) is 1.93. The first-order valence-corrected chi connectivity index (χ1v) is 12.8. The third-order valence-electron chi connectivity index (χ3n) is 6.24. The molecule has 1 amide bonds. The van der Waals surface area contributed by atoms with Gasteiger partial charge in [0.15, 0.2) is 5.16 Å². The molecular formula is C26H33N5O2S. The fraction of sp³-hybridized carbons (Fsp3) is 0.423. The molecule has 7 nitrogen and oxygen atoms in total. The topological polar surface area (TPSA) is 72.3 Å². The molecule has 1 unspecified atom stereocenters. The van der Waals surface area contributed by atoms with E-state index in [0.717, 1.165) is 35.5 Å². The van der Waals surface area contributed by atoms with Crippen molar-refractivity contribution in [3.05, 3.63) is 65.5 Å². The summed E-state index contributed by atoms with van der Waals surface area (Å²) in [5, 5.41) is 12.4. The van der Waals surface area contributed by atoms with Crippen LogP contribution in [0, 0.1) is 13.8 Å². The lowest BCUT2D eigenvalue weighted by Crippen LogP contribution is -2.41. The van der Waals surface area contributed by atoms with Crippen molar-refractivity contribution in [1.29, 1.82) is 0 Å². The van der Waals surface area contributed by atoms with Crippen molar-refractivity contribution in [2.75, 3.05) is 32.5 Å². The van der Waals surface area contributed by atoms with Crippen molar-refractivity contribution >= 4 is 17.7 Å². The van der Waals surface area contributed by atoms with Gasteiger partial charge in [-0.15, -0.1) is 10.2 Å². The standard InChI is InChI=1S/C26H33N5O2S/c1-19-7-11-22(12-8-19)31-20(2)28-29-26(31)34-18-25(32)27-17-24(30-15-5-4-6-16-30)21-9-13-23(33-3)14-10-21/h7-14,24H,4-6,15-18H2,1-3H3,(H,27,32). The molecule has 8 heteroatoms. The monoisotopic (exact) mass is 479 g/mol. The highest BCUT2D eigenvalue weighted by molar-refractivity contribution is 7.99. The second-order valence-corrected chi connectivity index (χ2v) is 9.62. The second kappa shape index (κ2) is 11.5. The molecule has 4 rings (SSSR count). The van der Waals surface area contributed by atoms with Gasteiger partial charge in [0.2, 0.25) is 5.91 Å². The van der Waals surface area contributed by atoms with Gasteiger partial charge in [-0.05, 0) is 69.6 Å². The molecule has 0 spiro atoms. The average molecular weight is 480 g/mol. The molecule has 1 saturated heterocycles. The van der Waals surface area contributed by atoms with Gasteiger partial charge in [0.1, 0.15) is 11.6 Å². The summed E-state index contributed by atoms with van der Waals surface area (Å²) in [4.78, 5) is 15.3. The van der Waals surface area contributed by atoms with Gasteiger partial charge in [-0.2, -0.15) is 0 Å². The lowest BCUT2D eigenvalue weighted by atomic mass is 10.0. The number of aryl methyl sites for hydroxylation is 2. The lowest BCUT2D eigenvalue weighted by molar-refractivity contribution is -0.118. The summed E-state index contributed by atoms with van der Waals surface area (Å²) in [6, 6.07) is 16.6. The smallest absolute Gasteiger partial charge is 0.230 e. The second-order valence-electron chi connectivity index (χ2n) is 8.68. The number of likely N-dealkylation sites (tertiary alicyclic amines) is 1. The maximum atomic E-state index is 12.8. The van der Waals surface area contributed by atoms with E-state index in [1.54, 1.807) is 7.11 Å². The maximum Gasteiger partial charge on any atom is 0.230 e. The van der Waals surface area contributed by atoms with Gasteiger partial charge in [0.05, 0.1) is 18.9 Å². The summed E-state index contributed by atoms with van der Waals surface area (Å²) in [6.07, 6.45) is 3.67. The van der Waals surface area contributed by atoms with E-state index < -0.39 is 0 Å². The predicted molar refractivity (Wildman–Crippen MR) is 136 cm³/mol. The first-order chi connectivity index (χ1) is 16.5. The van der Waals surface area contributed by atoms with Crippen LogP contribution in [0.25, 0.3) is 5.69 Å². The van der Waals surface area contributed by atoms with Crippen molar-refractivity contribution in [2.45, 2.75) is 44.3 Å². The number of hydrogen-bond acceptors (Lipinski definition) is 6. The zero-order chi connectivity index (χ0) is 23.9. The number of nitrogens with one attached hydrogen (secondary N) is 1. The molecular weight excluding hydrogens is 446 g/mol. The number of hydrogen-bond donors (Lipinski definition) is 1. The van der Waals surface area contributed by atoms with Crippen LogP contribution in [0.15, 0.2) is 53.7 Å². The number of carbonyl (C=O) groups is 1.